The van der Waals surface area contributed by atoms with Gasteiger partial charge >= 0.3 is 0 Å². The van der Waals surface area contributed by atoms with Crippen molar-refractivity contribution in [2.45, 2.75) is 72.6 Å². The first-order chi connectivity index (χ1) is 11.6. The maximum Gasteiger partial charge on any atom is 0 e. The van der Waals surface area contributed by atoms with E-state index in [0.29, 0.717) is 16.7 Å². The van der Waals surface area contributed by atoms with Gasteiger partial charge in [-0.1, -0.05) is 77.0 Å². The van der Waals surface area contributed by atoms with Gasteiger partial charge in [0.1, 0.15) is 0 Å². The molecule has 1 saturated carbocycles. The maximum absolute atomic E-state index is 2.68. The third-order valence-electron chi connectivity index (χ3n) is 7.97. The average molecular weight is 534 g/mol. The van der Waals surface area contributed by atoms with Crippen LogP contribution in [0.3, 0.4) is 0 Å². The van der Waals surface area contributed by atoms with Crippen molar-refractivity contribution in [1.82, 2.24) is 0 Å². The van der Waals surface area contributed by atoms with Crippen molar-refractivity contribution in [3.8, 4) is 0 Å². The number of allylic oxidation sites excluding steroid dienone is 6. The Hall–Kier alpha value is 0.0901. The Morgan fingerprint density at radius 1 is 1.07 bits per heavy atom. The van der Waals surface area contributed by atoms with Crippen LogP contribution in [0.2, 0.25) is 0 Å². The minimum absolute atomic E-state index is 0. The van der Waals surface area contributed by atoms with Crippen molar-refractivity contribution in [3.63, 3.8) is 0 Å². The van der Waals surface area contributed by atoms with Crippen LogP contribution in [0, 0.1) is 55.8 Å². The van der Waals surface area contributed by atoms with Gasteiger partial charge in [-0.15, -0.1) is 0 Å². The van der Waals surface area contributed by atoms with Gasteiger partial charge in [0, 0.05) is 25.8 Å². The summed E-state index contributed by atoms with van der Waals surface area (Å²) in [4.78, 5) is 0. The summed E-state index contributed by atoms with van der Waals surface area (Å²) >= 11 is 0. The normalized spacial score (nSPS) is 31.6. The fourth-order valence-corrected chi connectivity index (χ4v) is 6.12. The molecule has 3 aliphatic rings. The molecular weight excluding hydrogens is 491 g/mol. The van der Waals surface area contributed by atoms with Gasteiger partial charge in [0.25, 0.3) is 0 Å². The van der Waals surface area contributed by atoms with Gasteiger partial charge in [0.2, 0.25) is 0 Å². The minimum Gasteiger partial charge on any atom is -0.358 e. The van der Waals surface area contributed by atoms with E-state index < -0.39 is 0 Å². The molecule has 0 nitrogen and oxygen atoms in total. The third-order valence-corrected chi connectivity index (χ3v) is 7.97. The Balaban J connectivity index is 0.00000225. The second kappa shape index (κ2) is 11.3. The topological polar surface area (TPSA) is 0 Å². The van der Waals surface area contributed by atoms with Gasteiger partial charge in [-0.25, -0.2) is 0 Å². The summed E-state index contributed by atoms with van der Waals surface area (Å²) in [7, 11) is 0. The Morgan fingerprint density at radius 3 is 2.30 bits per heavy atom. The van der Waals surface area contributed by atoms with Crippen molar-refractivity contribution < 1.29 is 25.8 Å². The maximum atomic E-state index is 2.68. The largest absolute Gasteiger partial charge is 0.358 e. The molecule has 3 rings (SSSR count). The summed E-state index contributed by atoms with van der Waals surface area (Å²) in [5.74, 6) is 3.09. The molecule has 4 unspecified atom stereocenters. The number of hydrogen-bond acceptors (Lipinski definition) is 0. The molecule has 27 heavy (non-hydrogen) atoms. The second-order valence-electron chi connectivity index (χ2n) is 8.86. The summed E-state index contributed by atoms with van der Waals surface area (Å²) in [6, 6.07) is 0. The molecule has 0 amide bonds. The fraction of sp³-hybridized carbons (Fsp3) is 0.654. The monoisotopic (exact) mass is 535 g/mol. The van der Waals surface area contributed by atoms with E-state index in [1.807, 2.05) is 0 Å². The molecule has 0 heterocycles. The van der Waals surface area contributed by atoms with E-state index in [1.165, 1.54) is 44.9 Å². The fourth-order valence-electron chi connectivity index (χ4n) is 6.12. The molecule has 154 valence electrons. The molecule has 1 fully saturated rings. The molecule has 1 heteroatoms. The van der Waals surface area contributed by atoms with Crippen LogP contribution < -0.4 is 0 Å². The van der Waals surface area contributed by atoms with E-state index in [2.05, 4.69) is 70.6 Å². The van der Waals surface area contributed by atoms with Crippen LogP contribution in [-0.4, -0.2) is 0 Å². The van der Waals surface area contributed by atoms with Gasteiger partial charge in [0.15, 0.2) is 0 Å². The molecule has 0 aromatic carbocycles. The molecule has 0 N–H and O–H groups in total. The summed E-state index contributed by atoms with van der Waals surface area (Å²) < 4.78 is 0. The third kappa shape index (κ3) is 4.99. The Bertz CT molecular complexity index is 498. The van der Waals surface area contributed by atoms with Crippen LogP contribution in [0.4, 0.5) is 0 Å². The number of rotatable bonds is 7. The van der Waals surface area contributed by atoms with Crippen molar-refractivity contribution in [2.24, 2.45) is 34.5 Å². The zero-order valence-corrected chi connectivity index (χ0v) is 22.4. The first-order valence-corrected chi connectivity index (χ1v) is 10.4. The molecule has 0 bridgehead atoms. The predicted molar refractivity (Wildman–Crippen MR) is 118 cm³/mol. The van der Waals surface area contributed by atoms with Crippen LogP contribution in [-0.2, 0) is 25.8 Å². The van der Waals surface area contributed by atoms with E-state index in [4.69, 9.17) is 0 Å². The van der Waals surface area contributed by atoms with Gasteiger partial charge in [-0.3, -0.25) is 0 Å². The quantitative estimate of drug-likeness (QED) is 0.176. The zero-order chi connectivity index (χ0) is 17.2. The van der Waals surface area contributed by atoms with Crippen LogP contribution in [0.5, 0.6) is 0 Å². The Morgan fingerprint density at radius 2 is 1.70 bits per heavy atom. The van der Waals surface area contributed by atoms with Crippen LogP contribution in [0.15, 0.2) is 36.5 Å². The molecular formula is C26H43Hf-3. The van der Waals surface area contributed by atoms with Gasteiger partial charge in [0.05, 0.1) is 0 Å². The first kappa shape index (κ1) is 27.1. The van der Waals surface area contributed by atoms with Gasteiger partial charge in [-0.05, 0) is 54.3 Å². The molecule has 0 saturated heterocycles. The van der Waals surface area contributed by atoms with Crippen molar-refractivity contribution in [3.05, 3.63) is 57.7 Å². The summed E-state index contributed by atoms with van der Waals surface area (Å²) in [6.07, 6.45) is 26.5. The van der Waals surface area contributed by atoms with E-state index in [9.17, 15) is 0 Å². The van der Waals surface area contributed by atoms with Crippen LogP contribution in [0.25, 0.3) is 0 Å². The summed E-state index contributed by atoms with van der Waals surface area (Å²) in [5, 5.41) is 0. The van der Waals surface area contributed by atoms with Gasteiger partial charge in [-0.2, -0.15) is 12.3 Å². The SMILES string of the molecule is CCC1(CC)C=CC2CC[CH-]C2C1(C)CCCC(C)C1C=CC=C1.[CH3-].[CH3-].[Hf]. The van der Waals surface area contributed by atoms with Crippen LogP contribution >= 0.6 is 0 Å². The van der Waals surface area contributed by atoms with Crippen LogP contribution in [0.1, 0.15) is 72.6 Å². The standard InChI is InChI=1S/C24H37.2CH3.Hf/c1-5-24(6-2)18-16-21-14-9-15-22(21)23(24,4)17-10-11-19(3)20-12-7-8-13-20;;;/h7-8,12-13,15-16,18-22H,5-6,9-11,14,17H2,1-4H3;2*1H3;/q3*-1;. The van der Waals surface area contributed by atoms with Crippen molar-refractivity contribution >= 4 is 0 Å². The zero-order valence-electron chi connectivity index (χ0n) is 18.8. The average Bonchev–Trinajstić information content (AvgIpc) is 3.27. The number of hydrogen-bond donors (Lipinski definition) is 0. The summed E-state index contributed by atoms with van der Waals surface area (Å²) in [6.45, 7) is 9.89. The Labute approximate surface area is 190 Å². The Kier molecular flexibility index (Phi) is 11.4. The molecule has 0 aliphatic heterocycles. The molecule has 0 aromatic heterocycles. The van der Waals surface area contributed by atoms with E-state index in [0.717, 1.165) is 17.8 Å². The molecule has 4 atom stereocenters. The van der Waals surface area contributed by atoms with E-state index in [1.54, 1.807) is 0 Å². The second-order valence-corrected chi connectivity index (χ2v) is 8.86. The molecule has 3 aliphatic carbocycles. The number of fused-ring (bicyclic) bond motifs is 1. The summed E-state index contributed by atoms with van der Waals surface area (Å²) in [5.41, 5.74) is 0.860. The van der Waals surface area contributed by atoms with E-state index >= 15 is 0 Å². The minimum atomic E-state index is 0. The molecule has 0 radical (unpaired) electrons. The molecule has 0 aromatic rings. The molecule has 0 spiro atoms. The first-order valence-electron chi connectivity index (χ1n) is 10.4. The predicted octanol–water partition coefficient (Wildman–Crippen LogP) is 8.05. The van der Waals surface area contributed by atoms with E-state index in [-0.39, 0.29) is 40.7 Å². The smallest absolute Gasteiger partial charge is 0 e. The van der Waals surface area contributed by atoms with Crippen molar-refractivity contribution in [2.75, 3.05) is 0 Å². The van der Waals surface area contributed by atoms with Crippen molar-refractivity contribution in [1.29, 1.82) is 0 Å². The van der Waals surface area contributed by atoms with Gasteiger partial charge < -0.3 is 21.3 Å².